The molecule has 39 heavy (non-hydrogen) atoms. The van der Waals surface area contributed by atoms with E-state index in [0.29, 0.717) is 18.0 Å². The van der Waals surface area contributed by atoms with Crippen molar-refractivity contribution in [2.45, 2.75) is 43.7 Å². The SMILES string of the molecule is C[C@@H]1[C@H](CSc2ncn[nH]2)O[C@H](c2cccc(NC(=O)NCc3ccccc3)c2)O[C@@H]1c1ccc(CO)cc1. The number of amides is 2. The Kier molecular flexibility index (Phi) is 8.89. The number of ether oxygens (including phenoxy) is 2. The summed E-state index contributed by atoms with van der Waals surface area (Å²) < 4.78 is 13.0. The van der Waals surface area contributed by atoms with Crippen LogP contribution >= 0.6 is 11.8 Å². The molecule has 1 aliphatic rings. The summed E-state index contributed by atoms with van der Waals surface area (Å²) in [5, 5.41) is 22.8. The van der Waals surface area contributed by atoms with Gasteiger partial charge in [-0.15, -0.1) is 0 Å². The topological polar surface area (TPSA) is 121 Å². The van der Waals surface area contributed by atoms with Gasteiger partial charge in [-0.05, 0) is 28.8 Å². The van der Waals surface area contributed by atoms with Crippen LogP contribution in [0.2, 0.25) is 0 Å². The molecule has 0 unspecified atom stereocenters. The predicted octanol–water partition coefficient (Wildman–Crippen LogP) is 5.20. The van der Waals surface area contributed by atoms with Gasteiger partial charge in [0, 0.05) is 29.5 Å². The van der Waals surface area contributed by atoms with Crippen LogP contribution in [0.25, 0.3) is 0 Å². The minimum absolute atomic E-state index is 0.0116. The zero-order valence-electron chi connectivity index (χ0n) is 21.5. The number of anilines is 1. The minimum Gasteiger partial charge on any atom is -0.392 e. The number of hydrogen-bond donors (Lipinski definition) is 4. The minimum atomic E-state index is -0.641. The van der Waals surface area contributed by atoms with E-state index in [1.807, 2.05) is 78.9 Å². The van der Waals surface area contributed by atoms with E-state index in [-0.39, 0.29) is 30.8 Å². The molecule has 0 spiro atoms. The van der Waals surface area contributed by atoms with Gasteiger partial charge in [0.05, 0.1) is 18.8 Å². The highest BCUT2D eigenvalue weighted by molar-refractivity contribution is 7.99. The maximum Gasteiger partial charge on any atom is 0.319 e. The van der Waals surface area contributed by atoms with Crippen molar-refractivity contribution in [3.8, 4) is 0 Å². The number of aliphatic hydroxyl groups excluding tert-OH is 1. The fourth-order valence-electron chi connectivity index (χ4n) is 4.45. The highest BCUT2D eigenvalue weighted by Crippen LogP contribution is 2.43. The van der Waals surface area contributed by atoms with E-state index in [4.69, 9.17) is 9.47 Å². The number of carbonyl (C=O) groups excluding carboxylic acids is 1. The average molecular weight is 546 g/mol. The van der Waals surface area contributed by atoms with Crippen LogP contribution in [0.5, 0.6) is 0 Å². The van der Waals surface area contributed by atoms with E-state index < -0.39 is 6.29 Å². The maximum atomic E-state index is 12.5. The fraction of sp³-hybridized carbons (Fsp3) is 0.276. The Bertz CT molecular complexity index is 1340. The van der Waals surface area contributed by atoms with Gasteiger partial charge in [0.25, 0.3) is 0 Å². The third-order valence-corrected chi connectivity index (χ3v) is 7.58. The van der Waals surface area contributed by atoms with E-state index in [1.165, 1.54) is 6.33 Å². The van der Waals surface area contributed by atoms with Crippen molar-refractivity contribution in [3.63, 3.8) is 0 Å². The van der Waals surface area contributed by atoms with Crippen molar-refractivity contribution in [2.24, 2.45) is 5.92 Å². The van der Waals surface area contributed by atoms with E-state index in [1.54, 1.807) is 11.8 Å². The van der Waals surface area contributed by atoms with Crippen LogP contribution in [-0.2, 0) is 22.6 Å². The lowest BCUT2D eigenvalue weighted by Crippen LogP contribution is -2.38. The molecule has 2 heterocycles. The van der Waals surface area contributed by atoms with Gasteiger partial charge in [-0.25, -0.2) is 9.78 Å². The van der Waals surface area contributed by atoms with Gasteiger partial charge >= 0.3 is 6.03 Å². The largest absolute Gasteiger partial charge is 0.392 e. The molecule has 1 aliphatic heterocycles. The van der Waals surface area contributed by atoms with Gasteiger partial charge in [-0.1, -0.05) is 85.4 Å². The smallest absolute Gasteiger partial charge is 0.319 e. The number of thioether (sulfide) groups is 1. The monoisotopic (exact) mass is 545 g/mol. The molecule has 0 radical (unpaired) electrons. The first-order chi connectivity index (χ1) is 19.1. The Labute approximate surface area is 231 Å². The van der Waals surface area contributed by atoms with Gasteiger partial charge in [0.2, 0.25) is 0 Å². The second kappa shape index (κ2) is 12.9. The van der Waals surface area contributed by atoms with Crippen molar-refractivity contribution in [3.05, 3.63) is 107 Å². The summed E-state index contributed by atoms with van der Waals surface area (Å²) in [6.45, 7) is 2.53. The van der Waals surface area contributed by atoms with Crippen molar-refractivity contribution < 1.29 is 19.4 Å². The number of nitrogens with one attached hydrogen (secondary N) is 3. The number of carbonyl (C=O) groups is 1. The van der Waals surface area contributed by atoms with Crippen molar-refractivity contribution in [2.75, 3.05) is 11.1 Å². The number of benzene rings is 3. The lowest BCUT2D eigenvalue weighted by atomic mass is 9.91. The van der Waals surface area contributed by atoms with Gasteiger partial charge in [0.15, 0.2) is 11.4 Å². The Morgan fingerprint density at radius 3 is 2.56 bits per heavy atom. The molecule has 202 valence electrons. The quantitative estimate of drug-likeness (QED) is 0.213. The molecule has 4 N–H and O–H groups in total. The molecule has 0 bridgehead atoms. The van der Waals surface area contributed by atoms with Gasteiger partial charge in [-0.2, -0.15) is 5.10 Å². The zero-order chi connectivity index (χ0) is 27.0. The van der Waals surface area contributed by atoms with Crippen LogP contribution in [0.4, 0.5) is 10.5 Å². The first-order valence-electron chi connectivity index (χ1n) is 12.8. The van der Waals surface area contributed by atoms with Crippen LogP contribution in [-0.4, -0.2) is 38.2 Å². The third-order valence-electron chi connectivity index (χ3n) is 6.61. The summed E-state index contributed by atoms with van der Waals surface area (Å²) in [6.07, 6.45) is 0.465. The maximum absolute atomic E-state index is 12.5. The number of aromatic nitrogens is 3. The molecule has 4 aromatic rings. The zero-order valence-corrected chi connectivity index (χ0v) is 22.3. The Balaban J connectivity index is 1.31. The highest BCUT2D eigenvalue weighted by Gasteiger charge is 2.38. The molecule has 0 aliphatic carbocycles. The number of nitrogens with zero attached hydrogens (tertiary/aromatic N) is 2. The summed E-state index contributed by atoms with van der Waals surface area (Å²) in [5.74, 6) is 0.697. The van der Waals surface area contributed by atoms with Crippen LogP contribution in [0.15, 0.2) is 90.3 Å². The predicted molar refractivity (Wildman–Crippen MR) is 149 cm³/mol. The Morgan fingerprint density at radius 2 is 1.82 bits per heavy atom. The first-order valence-corrected chi connectivity index (χ1v) is 13.7. The summed E-state index contributed by atoms with van der Waals surface area (Å²) in [5.41, 5.74) is 4.32. The molecular weight excluding hydrogens is 514 g/mol. The molecule has 4 atom stereocenters. The number of urea groups is 1. The second-order valence-corrected chi connectivity index (χ2v) is 10.4. The molecule has 2 amide bonds. The Hall–Kier alpha value is -3.70. The van der Waals surface area contributed by atoms with Crippen molar-refractivity contribution >= 4 is 23.5 Å². The lowest BCUT2D eigenvalue weighted by molar-refractivity contribution is -0.268. The van der Waals surface area contributed by atoms with E-state index in [0.717, 1.165) is 27.4 Å². The number of rotatable bonds is 9. The summed E-state index contributed by atoms with van der Waals surface area (Å²) in [4.78, 5) is 16.7. The lowest BCUT2D eigenvalue weighted by Gasteiger charge is -2.41. The van der Waals surface area contributed by atoms with Crippen LogP contribution in [0, 0.1) is 5.92 Å². The molecule has 10 heteroatoms. The van der Waals surface area contributed by atoms with Crippen LogP contribution < -0.4 is 10.6 Å². The average Bonchev–Trinajstić information content (AvgIpc) is 3.50. The van der Waals surface area contributed by atoms with E-state index in [9.17, 15) is 9.90 Å². The van der Waals surface area contributed by atoms with Crippen molar-refractivity contribution in [1.82, 2.24) is 20.5 Å². The molecule has 1 fully saturated rings. The summed E-state index contributed by atoms with van der Waals surface area (Å²) in [7, 11) is 0. The number of hydrogen-bond acceptors (Lipinski definition) is 7. The number of H-pyrrole nitrogens is 1. The molecule has 0 saturated carbocycles. The fourth-order valence-corrected chi connectivity index (χ4v) is 5.39. The second-order valence-electron chi connectivity index (χ2n) is 9.34. The van der Waals surface area contributed by atoms with E-state index >= 15 is 0 Å². The molecular formula is C29H31N5O4S. The summed E-state index contributed by atoms with van der Waals surface area (Å²) in [6, 6.07) is 24.8. The molecule has 3 aromatic carbocycles. The normalized spacial score (nSPS) is 20.9. The van der Waals surface area contributed by atoms with Gasteiger partial charge in [0.1, 0.15) is 6.33 Å². The van der Waals surface area contributed by atoms with Gasteiger partial charge < -0.3 is 25.2 Å². The first kappa shape index (κ1) is 26.9. The molecule has 9 nitrogen and oxygen atoms in total. The third kappa shape index (κ3) is 7.04. The van der Waals surface area contributed by atoms with Crippen LogP contribution in [0.3, 0.4) is 0 Å². The standard InChI is InChI=1S/C29H31N5O4S/c1-19-25(17-39-29-31-18-32-34-29)37-27(38-26(19)22-12-10-21(16-35)11-13-22)23-8-5-9-24(14-23)33-28(36)30-15-20-6-3-2-4-7-20/h2-14,18-19,25-27,35H,15-17H2,1H3,(H2,30,33,36)(H,31,32,34)/t19-,25+,26+,27+/m1/s1. The number of aliphatic hydroxyl groups is 1. The molecule has 5 rings (SSSR count). The number of aromatic amines is 1. The molecule has 1 aromatic heterocycles. The summed E-state index contributed by atoms with van der Waals surface area (Å²) >= 11 is 1.55. The van der Waals surface area contributed by atoms with Gasteiger partial charge in [-0.3, -0.25) is 5.10 Å². The Morgan fingerprint density at radius 1 is 1.00 bits per heavy atom. The van der Waals surface area contributed by atoms with Crippen LogP contribution in [0.1, 0.15) is 41.6 Å². The van der Waals surface area contributed by atoms with E-state index in [2.05, 4.69) is 32.7 Å². The van der Waals surface area contributed by atoms with Crippen molar-refractivity contribution in [1.29, 1.82) is 0 Å². The highest BCUT2D eigenvalue weighted by atomic mass is 32.2. The molecule has 1 saturated heterocycles.